The molecule has 0 saturated carbocycles. The van der Waals surface area contributed by atoms with Gasteiger partial charge in [0.15, 0.2) is 5.82 Å². The molecule has 1 aliphatic heterocycles. The van der Waals surface area contributed by atoms with E-state index < -0.39 is 0 Å². The quantitative estimate of drug-likeness (QED) is 0.925. The van der Waals surface area contributed by atoms with Crippen molar-refractivity contribution in [2.75, 3.05) is 13.1 Å². The highest BCUT2D eigenvalue weighted by molar-refractivity contribution is 5.20. The van der Waals surface area contributed by atoms with Crippen molar-refractivity contribution in [3.05, 3.63) is 47.6 Å². The van der Waals surface area contributed by atoms with E-state index in [1.807, 2.05) is 13.0 Å². The minimum atomic E-state index is 0.347. The summed E-state index contributed by atoms with van der Waals surface area (Å²) in [5.41, 5.74) is 1.32. The van der Waals surface area contributed by atoms with Crippen molar-refractivity contribution in [2.45, 2.75) is 32.5 Å². The Kier molecular flexibility index (Phi) is 3.80. The number of nitrogens with one attached hydrogen (secondary N) is 1. The Morgan fingerprint density at radius 3 is 2.85 bits per heavy atom. The first-order valence-electron chi connectivity index (χ1n) is 7.04. The van der Waals surface area contributed by atoms with Crippen LogP contribution in [-0.4, -0.2) is 34.2 Å². The number of hydrogen-bond donors (Lipinski definition) is 1. The zero-order chi connectivity index (χ0) is 13.9. The lowest BCUT2D eigenvalue weighted by Crippen LogP contribution is -2.50. The smallest absolute Gasteiger partial charge is 0.240 e. The van der Waals surface area contributed by atoms with Gasteiger partial charge in [-0.3, -0.25) is 4.90 Å². The Morgan fingerprint density at radius 2 is 2.15 bits per heavy atom. The predicted octanol–water partition coefficient (Wildman–Crippen LogP) is 1.91. The van der Waals surface area contributed by atoms with Gasteiger partial charge in [0.2, 0.25) is 5.89 Å². The summed E-state index contributed by atoms with van der Waals surface area (Å²) < 4.78 is 5.26. The summed E-state index contributed by atoms with van der Waals surface area (Å²) in [6.07, 6.45) is 0. The van der Waals surface area contributed by atoms with Crippen LogP contribution in [0, 0.1) is 6.92 Å². The van der Waals surface area contributed by atoms with Crippen molar-refractivity contribution in [2.24, 2.45) is 0 Å². The summed E-state index contributed by atoms with van der Waals surface area (Å²) >= 11 is 0. The van der Waals surface area contributed by atoms with Crippen LogP contribution in [0.5, 0.6) is 0 Å². The largest absolute Gasteiger partial charge is 0.338 e. The predicted molar refractivity (Wildman–Crippen MR) is 76.1 cm³/mol. The van der Waals surface area contributed by atoms with Gasteiger partial charge in [0.1, 0.15) is 0 Å². The maximum absolute atomic E-state index is 5.26. The second kappa shape index (κ2) is 5.73. The second-order valence-corrected chi connectivity index (χ2v) is 5.40. The Hall–Kier alpha value is -1.72. The van der Waals surface area contributed by atoms with Gasteiger partial charge in [-0.05, 0) is 19.4 Å². The van der Waals surface area contributed by atoms with E-state index >= 15 is 0 Å². The van der Waals surface area contributed by atoms with Crippen molar-refractivity contribution >= 4 is 0 Å². The van der Waals surface area contributed by atoms with E-state index in [0.29, 0.717) is 30.3 Å². The summed E-state index contributed by atoms with van der Waals surface area (Å²) in [4.78, 5) is 6.72. The highest BCUT2D eigenvalue weighted by Crippen LogP contribution is 2.25. The highest BCUT2D eigenvalue weighted by atomic mass is 16.5. The maximum Gasteiger partial charge on any atom is 0.240 e. The Morgan fingerprint density at radius 1 is 1.35 bits per heavy atom. The van der Waals surface area contributed by atoms with E-state index in [0.717, 1.165) is 13.1 Å². The number of aryl methyl sites for hydroxylation is 1. The number of piperazine rings is 1. The minimum Gasteiger partial charge on any atom is -0.338 e. The standard InChI is InChI=1S/C15H20N4O/c1-11-9-19(10-15-17-12(2)18-20-15)14(8-16-11)13-6-4-3-5-7-13/h3-7,11,14,16H,8-10H2,1-2H3. The third-order valence-corrected chi connectivity index (χ3v) is 3.70. The van der Waals surface area contributed by atoms with Gasteiger partial charge in [-0.1, -0.05) is 35.5 Å². The molecule has 2 unspecified atom stereocenters. The summed E-state index contributed by atoms with van der Waals surface area (Å²) in [7, 11) is 0. The van der Waals surface area contributed by atoms with E-state index in [2.05, 4.69) is 51.5 Å². The fourth-order valence-corrected chi connectivity index (χ4v) is 2.74. The van der Waals surface area contributed by atoms with Gasteiger partial charge < -0.3 is 9.84 Å². The van der Waals surface area contributed by atoms with Gasteiger partial charge in [0, 0.05) is 25.2 Å². The fourth-order valence-electron chi connectivity index (χ4n) is 2.74. The average Bonchev–Trinajstić information content (AvgIpc) is 2.85. The zero-order valence-corrected chi connectivity index (χ0v) is 11.9. The van der Waals surface area contributed by atoms with Gasteiger partial charge in [-0.2, -0.15) is 4.98 Å². The van der Waals surface area contributed by atoms with Crippen LogP contribution in [0.3, 0.4) is 0 Å². The van der Waals surface area contributed by atoms with Crippen LogP contribution in [0.25, 0.3) is 0 Å². The number of nitrogens with zero attached hydrogens (tertiary/aromatic N) is 3. The van der Waals surface area contributed by atoms with E-state index in [1.165, 1.54) is 5.56 Å². The first kappa shape index (κ1) is 13.3. The molecule has 1 aromatic heterocycles. The molecular formula is C15H20N4O. The molecule has 2 atom stereocenters. The Bertz CT molecular complexity index is 554. The molecule has 1 aliphatic rings. The highest BCUT2D eigenvalue weighted by Gasteiger charge is 2.28. The monoisotopic (exact) mass is 272 g/mol. The van der Waals surface area contributed by atoms with Crippen LogP contribution >= 0.6 is 0 Å². The molecular weight excluding hydrogens is 252 g/mol. The molecule has 106 valence electrons. The van der Waals surface area contributed by atoms with E-state index in [9.17, 15) is 0 Å². The SMILES string of the molecule is Cc1noc(CN2CC(C)NCC2c2ccccc2)n1. The molecule has 1 fully saturated rings. The Balaban J connectivity index is 1.80. The first-order valence-corrected chi connectivity index (χ1v) is 7.04. The summed E-state index contributed by atoms with van der Waals surface area (Å²) in [6, 6.07) is 11.4. The van der Waals surface area contributed by atoms with Crippen LogP contribution < -0.4 is 5.32 Å². The van der Waals surface area contributed by atoms with Gasteiger partial charge in [0.05, 0.1) is 6.54 Å². The van der Waals surface area contributed by atoms with Crippen LogP contribution in [-0.2, 0) is 6.54 Å². The van der Waals surface area contributed by atoms with Gasteiger partial charge in [-0.15, -0.1) is 0 Å². The summed E-state index contributed by atoms with van der Waals surface area (Å²) in [6.45, 7) is 6.67. The van der Waals surface area contributed by atoms with Gasteiger partial charge >= 0.3 is 0 Å². The molecule has 0 bridgehead atoms. The minimum absolute atomic E-state index is 0.347. The van der Waals surface area contributed by atoms with Crippen LogP contribution in [0.15, 0.2) is 34.9 Å². The molecule has 0 radical (unpaired) electrons. The van der Waals surface area contributed by atoms with E-state index in [-0.39, 0.29) is 0 Å². The van der Waals surface area contributed by atoms with Crippen LogP contribution in [0.4, 0.5) is 0 Å². The average molecular weight is 272 g/mol. The molecule has 0 spiro atoms. The summed E-state index contributed by atoms with van der Waals surface area (Å²) in [5.74, 6) is 1.39. The molecule has 1 saturated heterocycles. The van der Waals surface area contributed by atoms with Crippen molar-refractivity contribution in [3.63, 3.8) is 0 Å². The van der Waals surface area contributed by atoms with Gasteiger partial charge in [-0.25, -0.2) is 0 Å². The molecule has 2 aromatic rings. The van der Waals surface area contributed by atoms with Crippen molar-refractivity contribution in [3.8, 4) is 0 Å². The molecule has 5 nitrogen and oxygen atoms in total. The third-order valence-electron chi connectivity index (χ3n) is 3.70. The lowest BCUT2D eigenvalue weighted by atomic mass is 10.0. The molecule has 2 heterocycles. The van der Waals surface area contributed by atoms with Crippen LogP contribution in [0.1, 0.15) is 30.2 Å². The molecule has 3 rings (SSSR count). The van der Waals surface area contributed by atoms with Crippen LogP contribution in [0.2, 0.25) is 0 Å². The normalized spacial score (nSPS) is 23.9. The topological polar surface area (TPSA) is 54.2 Å². The molecule has 5 heteroatoms. The van der Waals surface area contributed by atoms with Gasteiger partial charge in [0.25, 0.3) is 0 Å². The van der Waals surface area contributed by atoms with Crippen molar-refractivity contribution in [1.82, 2.24) is 20.4 Å². The van der Waals surface area contributed by atoms with E-state index in [1.54, 1.807) is 0 Å². The van der Waals surface area contributed by atoms with E-state index in [4.69, 9.17) is 4.52 Å². The fraction of sp³-hybridized carbons (Fsp3) is 0.467. The number of benzene rings is 1. The lowest BCUT2D eigenvalue weighted by molar-refractivity contribution is 0.113. The van der Waals surface area contributed by atoms with Crippen molar-refractivity contribution in [1.29, 1.82) is 0 Å². The molecule has 1 N–H and O–H groups in total. The third kappa shape index (κ3) is 2.89. The molecule has 1 aromatic carbocycles. The second-order valence-electron chi connectivity index (χ2n) is 5.40. The maximum atomic E-state index is 5.26. The Labute approximate surface area is 119 Å². The zero-order valence-electron chi connectivity index (χ0n) is 11.9. The number of rotatable bonds is 3. The number of aromatic nitrogens is 2. The molecule has 0 aliphatic carbocycles. The molecule has 20 heavy (non-hydrogen) atoms. The number of hydrogen-bond acceptors (Lipinski definition) is 5. The lowest BCUT2D eigenvalue weighted by Gasteiger charge is -2.38. The van der Waals surface area contributed by atoms with Crippen molar-refractivity contribution < 1.29 is 4.52 Å². The first-order chi connectivity index (χ1) is 9.72. The molecule has 0 amide bonds. The summed E-state index contributed by atoms with van der Waals surface area (Å²) in [5, 5.41) is 7.41.